The van der Waals surface area contributed by atoms with E-state index in [0.717, 1.165) is 0 Å². The third-order valence-corrected chi connectivity index (χ3v) is 2.26. The van der Waals surface area contributed by atoms with Crippen molar-refractivity contribution in [2.75, 3.05) is 6.61 Å². The van der Waals surface area contributed by atoms with Gasteiger partial charge in [0.15, 0.2) is 5.79 Å². The fraction of sp³-hybridized carbons (Fsp3) is 0.833. The van der Waals surface area contributed by atoms with Crippen molar-refractivity contribution in [1.29, 1.82) is 0 Å². The van der Waals surface area contributed by atoms with Crippen molar-refractivity contribution in [3.63, 3.8) is 0 Å². The molecular formula is C12H21NO5. The van der Waals surface area contributed by atoms with Crippen molar-refractivity contribution in [3.8, 4) is 0 Å². The number of ether oxygens (including phenoxy) is 3. The Hall–Kier alpha value is -1.14. The number of hydrogen-bond acceptors (Lipinski definition) is 5. The zero-order valence-electron chi connectivity index (χ0n) is 11.5. The fourth-order valence-electron chi connectivity index (χ4n) is 1.55. The molecule has 1 aliphatic rings. The largest absolute Gasteiger partial charge is 0.444 e. The Labute approximate surface area is 107 Å². The molecule has 0 aromatic heterocycles. The summed E-state index contributed by atoms with van der Waals surface area (Å²) in [6.45, 7) is 9.01. The molecular weight excluding hydrogens is 238 g/mol. The third-order valence-electron chi connectivity index (χ3n) is 2.26. The first-order valence-corrected chi connectivity index (χ1v) is 5.89. The van der Waals surface area contributed by atoms with E-state index in [2.05, 4.69) is 5.32 Å². The maximum atomic E-state index is 11.6. The van der Waals surface area contributed by atoms with Gasteiger partial charge < -0.3 is 24.3 Å². The standard InChI is InChI=1S/C12H21NO5/c1-11(2,3)18-10(15)13-8(6-14)9-7-16-12(4,5)17-9/h6,8-9H,7H2,1-5H3,(H,13,15)/t8-,9-/m1/s1. The molecule has 0 spiro atoms. The number of carbonyl (C=O) groups is 2. The van der Waals surface area contributed by atoms with Crippen LogP contribution in [0, 0.1) is 0 Å². The molecule has 0 unspecified atom stereocenters. The van der Waals surface area contributed by atoms with Crippen molar-refractivity contribution in [2.24, 2.45) is 0 Å². The summed E-state index contributed by atoms with van der Waals surface area (Å²) in [5.41, 5.74) is -0.607. The summed E-state index contributed by atoms with van der Waals surface area (Å²) in [4.78, 5) is 22.6. The Balaban J connectivity index is 2.53. The Bertz CT molecular complexity index is 321. The van der Waals surface area contributed by atoms with Gasteiger partial charge in [-0.25, -0.2) is 4.79 Å². The van der Waals surface area contributed by atoms with Crippen LogP contribution in [-0.4, -0.2) is 42.5 Å². The summed E-state index contributed by atoms with van der Waals surface area (Å²) in [5.74, 6) is -0.735. The van der Waals surface area contributed by atoms with Gasteiger partial charge in [0.05, 0.1) is 6.61 Å². The molecule has 0 saturated carbocycles. The molecule has 0 aromatic rings. The SMILES string of the molecule is CC(C)(C)OC(=O)N[C@H](C=O)[C@H]1COC(C)(C)O1. The topological polar surface area (TPSA) is 73.9 Å². The Morgan fingerprint density at radius 2 is 2.11 bits per heavy atom. The first-order chi connectivity index (χ1) is 8.13. The molecule has 1 rings (SSSR count). The van der Waals surface area contributed by atoms with Crippen LogP contribution < -0.4 is 5.32 Å². The Kier molecular flexibility index (Phi) is 4.34. The average molecular weight is 259 g/mol. The van der Waals surface area contributed by atoms with E-state index in [4.69, 9.17) is 14.2 Å². The van der Waals surface area contributed by atoms with E-state index in [-0.39, 0.29) is 6.61 Å². The van der Waals surface area contributed by atoms with Gasteiger partial charge in [-0.3, -0.25) is 0 Å². The highest BCUT2D eigenvalue weighted by molar-refractivity contribution is 5.73. The lowest BCUT2D eigenvalue weighted by Crippen LogP contribution is -2.47. The minimum Gasteiger partial charge on any atom is -0.444 e. The Morgan fingerprint density at radius 1 is 1.50 bits per heavy atom. The molecule has 104 valence electrons. The van der Waals surface area contributed by atoms with Crippen molar-refractivity contribution in [3.05, 3.63) is 0 Å². The van der Waals surface area contributed by atoms with Crippen molar-refractivity contribution in [1.82, 2.24) is 5.32 Å². The highest BCUT2D eigenvalue weighted by Gasteiger charge is 2.38. The van der Waals surface area contributed by atoms with Gasteiger partial charge >= 0.3 is 6.09 Å². The lowest BCUT2D eigenvalue weighted by Gasteiger charge is -2.24. The summed E-state index contributed by atoms with van der Waals surface area (Å²) in [5, 5.41) is 2.47. The zero-order chi connectivity index (χ0) is 14.0. The number of alkyl carbamates (subject to hydrolysis) is 1. The predicted octanol–water partition coefficient (Wildman–Crippen LogP) is 1.23. The number of aldehydes is 1. The number of hydrogen-bond donors (Lipinski definition) is 1. The summed E-state index contributed by atoms with van der Waals surface area (Å²) in [6.07, 6.45) is -0.516. The second-order valence-corrected chi connectivity index (χ2v) is 5.68. The number of amides is 1. The van der Waals surface area contributed by atoms with E-state index in [1.165, 1.54) is 0 Å². The molecule has 18 heavy (non-hydrogen) atoms. The summed E-state index contributed by atoms with van der Waals surface area (Å²) >= 11 is 0. The van der Waals surface area contributed by atoms with Gasteiger partial charge in [-0.05, 0) is 34.6 Å². The molecule has 0 radical (unpaired) electrons. The first kappa shape index (κ1) is 14.9. The monoisotopic (exact) mass is 259 g/mol. The molecule has 2 atom stereocenters. The molecule has 1 amide bonds. The van der Waals surface area contributed by atoms with Crippen molar-refractivity contribution < 1.29 is 23.8 Å². The molecule has 1 saturated heterocycles. The number of nitrogens with one attached hydrogen (secondary N) is 1. The second-order valence-electron chi connectivity index (χ2n) is 5.68. The van der Waals surface area contributed by atoms with Gasteiger partial charge in [0, 0.05) is 0 Å². The van der Waals surface area contributed by atoms with Gasteiger partial charge in [0.2, 0.25) is 0 Å². The molecule has 0 aliphatic carbocycles. The minimum absolute atomic E-state index is 0.256. The van der Waals surface area contributed by atoms with E-state index >= 15 is 0 Å². The van der Waals surface area contributed by atoms with Gasteiger partial charge in [-0.1, -0.05) is 0 Å². The normalized spacial score (nSPS) is 24.4. The van der Waals surface area contributed by atoms with Gasteiger partial charge in [0.1, 0.15) is 24.0 Å². The zero-order valence-corrected chi connectivity index (χ0v) is 11.5. The van der Waals surface area contributed by atoms with Crippen LogP contribution in [0.15, 0.2) is 0 Å². The van der Waals surface area contributed by atoms with E-state index in [0.29, 0.717) is 6.29 Å². The molecule has 1 N–H and O–H groups in total. The molecule has 0 aromatic carbocycles. The highest BCUT2D eigenvalue weighted by atomic mass is 16.7. The van der Waals surface area contributed by atoms with Gasteiger partial charge in [-0.15, -0.1) is 0 Å². The van der Waals surface area contributed by atoms with Crippen molar-refractivity contribution >= 4 is 12.4 Å². The lowest BCUT2D eigenvalue weighted by atomic mass is 10.2. The first-order valence-electron chi connectivity index (χ1n) is 5.89. The van der Waals surface area contributed by atoms with E-state index in [1.54, 1.807) is 34.6 Å². The maximum absolute atomic E-state index is 11.6. The fourth-order valence-corrected chi connectivity index (χ4v) is 1.55. The molecule has 1 aliphatic heterocycles. The van der Waals surface area contributed by atoms with E-state index in [1.807, 2.05) is 0 Å². The highest BCUT2D eigenvalue weighted by Crippen LogP contribution is 2.23. The lowest BCUT2D eigenvalue weighted by molar-refractivity contribution is -0.143. The average Bonchev–Trinajstić information content (AvgIpc) is 2.52. The molecule has 6 heteroatoms. The third kappa shape index (κ3) is 4.62. The molecule has 1 fully saturated rings. The summed E-state index contributed by atoms with van der Waals surface area (Å²) in [7, 11) is 0. The number of carbonyl (C=O) groups excluding carboxylic acids is 2. The Morgan fingerprint density at radius 3 is 2.50 bits per heavy atom. The quantitative estimate of drug-likeness (QED) is 0.772. The van der Waals surface area contributed by atoms with Crippen LogP contribution in [0.1, 0.15) is 34.6 Å². The molecule has 6 nitrogen and oxygen atoms in total. The van der Waals surface area contributed by atoms with E-state index < -0.39 is 29.6 Å². The van der Waals surface area contributed by atoms with Crippen LogP contribution in [-0.2, 0) is 19.0 Å². The molecule has 0 bridgehead atoms. The van der Waals surface area contributed by atoms with E-state index in [9.17, 15) is 9.59 Å². The van der Waals surface area contributed by atoms with Crippen LogP contribution in [0.4, 0.5) is 4.79 Å². The molecule has 1 heterocycles. The summed E-state index contributed by atoms with van der Waals surface area (Å²) < 4.78 is 15.9. The van der Waals surface area contributed by atoms with Gasteiger partial charge in [-0.2, -0.15) is 0 Å². The van der Waals surface area contributed by atoms with Gasteiger partial charge in [0.25, 0.3) is 0 Å². The minimum atomic E-state index is -0.776. The van der Waals surface area contributed by atoms with Crippen LogP contribution in [0.25, 0.3) is 0 Å². The number of rotatable bonds is 3. The van der Waals surface area contributed by atoms with Crippen molar-refractivity contribution in [2.45, 2.75) is 58.2 Å². The smallest absolute Gasteiger partial charge is 0.408 e. The predicted molar refractivity (Wildman–Crippen MR) is 64.1 cm³/mol. The van der Waals surface area contributed by atoms with Crippen LogP contribution in [0.3, 0.4) is 0 Å². The second kappa shape index (κ2) is 5.24. The summed E-state index contributed by atoms with van der Waals surface area (Å²) in [6, 6.07) is -0.776. The van der Waals surface area contributed by atoms with Crippen LogP contribution >= 0.6 is 0 Å². The van der Waals surface area contributed by atoms with Crippen LogP contribution in [0.5, 0.6) is 0 Å². The van der Waals surface area contributed by atoms with Crippen LogP contribution in [0.2, 0.25) is 0 Å². The maximum Gasteiger partial charge on any atom is 0.408 e.